The van der Waals surface area contributed by atoms with Crippen LogP contribution in [0.1, 0.15) is 60.5 Å². The molecule has 0 aliphatic rings. The van der Waals surface area contributed by atoms with E-state index >= 15 is 0 Å². The number of imidazole rings is 1. The van der Waals surface area contributed by atoms with Crippen LogP contribution in [-0.2, 0) is 25.5 Å². The van der Waals surface area contributed by atoms with E-state index in [0.29, 0.717) is 11.0 Å². The Hall–Kier alpha value is -4.45. The van der Waals surface area contributed by atoms with E-state index in [4.69, 9.17) is 4.74 Å². The van der Waals surface area contributed by atoms with Crippen molar-refractivity contribution in [2.45, 2.75) is 91.1 Å². The monoisotopic (exact) mass is 622 g/mol. The Labute approximate surface area is 264 Å². The minimum atomic E-state index is -1.66. The Morgan fingerprint density at radius 2 is 1.51 bits per heavy atom. The lowest BCUT2D eigenvalue weighted by Crippen LogP contribution is -2.59. The summed E-state index contributed by atoms with van der Waals surface area (Å²) >= 11 is 0. The first-order chi connectivity index (χ1) is 21.1. The number of carbonyl (C=O) groups is 4. The summed E-state index contributed by atoms with van der Waals surface area (Å²) in [5.41, 5.74) is 1.38. The topological polar surface area (TPSA) is 175 Å². The first-order valence-corrected chi connectivity index (χ1v) is 15.2. The lowest BCUT2D eigenvalue weighted by atomic mass is 9.97. The quantitative estimate of drug-likeness (QED) is 0.169. The van der Waals surface area contributed by atoms with Crippen LogP contribution in [0.5, 0.6) is 0 Å². The summed E-state index contributed by atoms with van der Waals surface area (Å²) in [5.74, 6) is -2.04. The Bertz CT molecular complexity index is 1420. The molecule has 0 fully saturated rings. The van der Waals surface area contributed by atoms with Crippen LogP contribution in [0.3, 0.4) is 0 Å². The predicted octanol–water partition coefficient (Wildman–Crippen LogP) is 3.67. The maximum absolute atomic E-state index is 13.7. The average molecular weight is 623 g/mol. The zero-order valence-electron chi connectivity index (χ0n) is 27.0. The lowest BCUT2D eigenvalue weighted by molar-refractivity contribution is -0.133. The van der Waals surface area contributed by atoms with Crippen molar-refractivity contribution in [3.05, 3.63) is 60.2 Å². The molecule has 0 spiro atoms. The molecule has 244 valence electrons. The van der Waals surface area contributed by atoms with Gasteiger partial charge in [-0.05, 0) is 63.1 Å². The Kier molecular flexibility index (Phi) is 12.1. The van der Waals surface area contributed by atoms with E-state index in [9.17, 15) is 24.3 Å². The zero-order valence-corrected chi connectivity index (χ0v) is 27.0. The molecule has 12 nitrogen and oxygen atoms in total. The van der Waals surface area contributed by atoms with Crippen LogP contribution in [0.15, 0.2) is 54.6 Å². The van der Waals surface area contributed by atoms with Gasteiger partial charge in [0.2, 0.25) is 17.8 Å². The number of hydrogen-bond donors (Lipinski definition) is 6. The lowest BCUT2D eigenvalue weighted by Gasteiger charge is -2.29. The average Bonchev–Trinajstić information content (AvgIpc) is 3.36. The minimum absolute atomic E-state index is 0.00578. The van der Waals surface area contributed by atoms with Gasteiger partial charge in [-0.25, -0.2) is 9.78 Å². The second kappa shape index (κ2) is 15.5. The number of fused-ring (bicyclic) bond motifs is 1. The molecule has 1 heterocycles. The summed E-state index contributed by atoms with van der Waals surface area (Å²) < 4.78 is 5.32. The number of para-hydroxylation sites is 2. The van der Waals surface area contributed by atoms with E-state index < -0.39 is 53.6 Å². The number of anilines is 1. The van der Waals surface area contributed by atoms with Crippen LogP contribution in [0, 0.1) is 11.8 Å². The van der Waals surface area contributed by atoms with Gasteiger partial charge >= 0.3 is 6.09 Å². The fourth-order valence-electron chi connectivity index (χ4n) is 4.71. The summed E-state index contributed by atoms with van der Waals surface area (Å²) in [7, 11) is 0. The van der Waals surface area contributed by atoms with Gasteiger partial charge in [0.1, 0.15) is 17.7 Å². The third-order valence-electron chi connectivity index (χ3n) is 6.87. The van der Waals surface area contributed by atoms with Gasteiger partial charge in [-0.15, -0.1) is 0 Å². The highest BCUT2D eigenvalue weighted by atomic mass is 16.6. The zero-order chi connectivity index (χ0) is 33.3. The van der Waals surface area contributed by atoms with Gasteiger partial charge in [0.15, 0.2) is 6.10 Å². The number of nitrogens with zero attached hydrogens (tertiary/aromatic N) is 1. The molecule has 0 saturated carbocycles. The molecule has 3 rings (SSSR count). The van der Waals surface area contributed by atoms with Crippen molar-refractivity contribution in [3.63, 3.8) is 0 Å². The Balaban J connectivity index is 1.79. The van der Waals surface area contributed by atoms with Crippen molar-refractivity contribution in [3.8, 4) is 0 Å². The van der Waals surface area contributed by atoms with E-state index in [1.54, 1.807) is 40.7 Å². The van der Waals surface area contributed by atoms with Gasteiger partial charge in [-0.2, -0.15) is 0 Å². The number of amides is 4. The van der Waals surface area contributed by atoms with Gasteiger partial charge in [0.25, 0.3) is 5.91 Å². The summed E-state index contributed by atoms with van der Waals surface area (Å²) in [6.45, 7) is 12.5. The van der Waals surface area contributed by atoms with E-state index in [-0.39, 0.29) is 30.6 Å². The number of ether oxygens (including phenoxy) is 1. The van der Waals surface area contributed by atoms with Crippen LogP contribution in [0.4, 0.5) is 10.7 Å². The summed E-state index contributed by atoms with van der Waals surface area (Å²) in [4.78, 5) is 60.1. The molecule has 12 heteroatoms. The molecule has 0 aliphatic heterocycles. The number of hydrogen-bond acceptors (Lipinski definition) is 7. The highest BCUT2D eigenvalue weighted by Crippen LogP contribution is 2.16. The SMILES string of the molecule is CC(C)C[C@H](NC(=O)[C@@H](NC(=O)OC(C)(C)C)C(C)C)C(=O)N[C@@H](Cc1ccccc1)[C@@H](O)C(=O)Nc1nc2ccccc2[nH]1. The molecule has 6 N–H and O–H groups in total. The van der Waals surface area contributed by atoms with Crippen LogP contribution in [-0.4, -0.2) is 68.7 Å². The van der Waals surface area contributed by atoms with Gasteiger partial charge in [-0.1, -0.05) is 70.2 Å². The number of H-pyrrole nitrogens is 1. The summed E-state index contributed by atoms with van der Waals surface area (Å²) in [6, 6.07) is 13.3. The largest absolute Gasteiger partial charge is 0.444 e. The van der Waals surface area contributed by atoms with E-state index in [2.05, 4.69) is 31.2 Å². The second-order valence-electron chi connectivity index (χ2n) is 12.9. The maximum Gasteiger partial charge on any atom is 0.408 e. The second-order valence-corrected chi connectivity index (χ2v) is 12.9. The number of aromatic amines is 1. The van der Waals surface area contributed by atoms with Crippen LogP contribution in [0.2, 0.25) is 0 Å². The summed E-state index contributed by atoms with van der Waals surface area (Å²) in [6.07, 6.45) is -2.00. The number of aromatic nitrogens is 2. The first kappa shape index (κ1) is 35.0. The van der Waals surface area contributed by atoms with Crippen LogP contribution in [0.25, 0.3) is 11.0 Å². The van der Waals surface area contributed by atoms with E-state index in [0.717, 1.165) is 5.56 Å². The standard InChI is InChI=1S/C33H46N6O6/c1-19(2)17-25(35-29(42)26(20(3)4)38-32(44)45-33(5,6)7)28(41)34-24(18-21-13-9-8-10-14-21)27(40)30(43)39-31-36-22-15-11-12-16-23(22)37-31/h8-16,19-20,24-27,40H,17-18H2,1-7H3,(H,34,41)(H,35,42)(H,38,44)(H2,36,37,39,43)/t24-,25-,26-,27+/m0/s1. The molecule has 0 saturated heterocycles. The Morgan fingerprint density at radius 1 is 0.867 bits per heavy atom. The van der Waals surface area contributed by atoms with Crippen molar-refractivity contribution in [2.75, 3.05) is 5.32 Å². The van der Waals surface area contributed by atoms with Crippen LogP contribution < -0.4 is 21.3 Å². The fourth-order valence-corrected chi connectivity index (χ4v) is 4.71. The normalized spacial score (nSPS) is 14.4. The maximum atomic E-state index is 13.7. The van der Waals surface area contributed by atoms with Gasteiger partial charge in [0.05, 0.1) is 17.1 Å². The third-order valence-corrected chi connectivity index (χ3v) is 6.87. The molecular formula is C33H46N6O6. The molecule has 0 bridgehead atoms. The van der Waals surface area contributed by atoms with E-state index in [1.807, 2.05) is 62.4 Å². The number of alkyl carbamates (subject to hydrolysis) is 1. The molecule has 4 amide bonds. The molecule has 0 radical (unpaired) electrons. The molecule has 2 aromatic carbocycles. The van der Waals surface area contributed by atoms with Gasteiger partial charge in [0, 0.05) is 0 Å². The number of nitrogens with one attached hydrogen (secondary N) is 5. The highest BCUT2D eigenvalue weighted by molar-refractivity contribution is 5.96. The number of aliphatic hydroxyl groups excluding tert-OH is 1. The first-order valence-electron chi connectivity index (χ1n) is 15.2. The molecule has 45 heavy (non-hydrogen) atoms. The molecule has 1 aromatic heterocycles. The highest BCUT2D eigenvalue weighted by Gasteiger charge is 2.34. The van der Waals surface area contributed by atoms with Gasteiger partial charge < -0.3 is 30.8 Å². The number of benzene rings is 2. The van der Waals surface area contributed by atoms with E-state index in [1.165, 1.54) is 0 Å². The van der Waals surface area contributed by atoms with Crippen molar-refractivity contribution in [1.82, 2.24) is 25.9 Å². The number of aliphatic hydroxyl groups is 1. The molecule has 0 aliphatic carbocycles. The smallest absolute Gasteiger partial charge is 0.408 e. The molecule has 3 aromatic rings. The summed E-state index contributed by atoms with van der Waals surface area (Å²) in [5, 5.41) is 22.0. The van der Waals surface area contributed by atoms with Crippen LogP contribution >= 0.6 is 0 Å². The van der Waals surface area contributed by atoms with Crippen molar-refractivity contribution in [2.24, 2.45) is 11.8 Å². The Morgan fingerprint density at radius 3 is 2.11 bits per heavy atom. The number of carbonyl (C=O) groups excluding carboxylic acids is 4. The third kappa shape index (κ3) is 10.9. The number of rotatable bonds is 13. The molecule has 4 atom stereocenters. The predicted molar refractivity (Wildman–Crippen MR) is 172 cm³/mol. The van der Waals surface area contributed by atoms with Crippen molar-refractivity contribution >= 4 is 40.8 Å². The fraction of sp³-hybridized carbons (Fsp3) is 0.485. The van der Waals surface area contributed by atoms with Crippen molar-refractivity contribution in [1.29, 1.82) is 0 Å². The minimum Gasteiger partial charge on any atom is -0.444 e. The molecular weight excluding hydrogens is 576 g/mol. The van der Waals surface area contributed by atoms with Gasteiger partial charge in [-0.3, -0.25) is 19.7 Å². The molecule has 0 unspecified atom stereocenters. The van der Waals surface area contributed by atoms with Crippen molar-refractivity contribution < 1.29 is 29.0 Å².